The van der Waals surface area contributed by atoms with Crippen molar-refractivity contribution in [1.82, 2.24) is 0 Å². The summed E-state index contributed by atoms with van der Waals surface area (Å²) in [6.45, 7) is 3.41. The zero-order valence-electron chi connectivity index (χ0n) is 9.57. The van der Waals surface area contributed by atoms with Gasteiger partial charge in [0.05, 0.1) is 4.92 Å². The van der Waals surface area contributed by atoms with Crippen molar-refractivity contribution in [2.24, 2.45) is 5.92 Å². The van der Waals surface area contributed by atoms with E-state index in [-0.39, 0.29) is 23.4 Å². The number of nitro groups is 1. The number of benzene rings is 1. The Morgan fingerprint density at radius 1 is 1.59 bits per heavy atom. The number of carbonyl (C=O) groups excluding carboxylic acids is 1. The van der Waals surface area contributed by atoms with Gasteiger partial charge in [0.2, 0.25) is 5.91 Å². The fourth-order valence-electron chi connectivity index (χ4n) is 1.23. The molecule has 0 spiro atoms. The van der Waals surface area contributed by atoms with E-state index in [2.05, 4.69) is 5.32 Å². The molecule has 1 aromatic rings. The molecule has 1 unspecified atom stereocenters. The SMILES string of the molecule is Cc1cc([N+](=O)[O-])ccc1NC(=O)C(C)CCl. The van der Waals surface area contributed by atoms with Crippen LogP contribution in [0.4, 0.5) is 11.4 Å². The zero-order valence-corrected chi connectivity index (χ0v) is 10.3. The predicted molar refractivity (Wildman–Crippen MR) is 66.3 cm³/mol. The highest BCUT2D eigenvalue weighted by Gasteiger charge is 2.14. The highest BCUT2D eigenvalue weighted by atomic mass is 35.5. The molecule has 0 aromatic heterocycles. The highest BCUT2D eigenvalue weighted by Crippen LogP contribution is 2.21. The quantitative estimate of drug-likeness (QED) is 0.511. The summed E-state index contributed by atoms with van der Waals surface area (Å²) in [6.07, 6.45) is 0. The smallest absolute Gasteiger partial charge is 0.269 e. The summed E-state index contributed by atoms with van der Waals surface area (Å²) in [7, 11) is 0. The molecule has 1 N–H and O–H groups in total. The first-order chi connectivity index (χ1) is 7.95. The number of rotatable bonds is 4. The van der Waals surface area contributed by atoms with Crippen LogP contribution in [-0.4, -0.2) is 16.7 Å². The van der Waals surface area contributed by atoms with Crippen molar-refractivity contribution in [2.45, 2.75) is 13.8 Å². The summed E-state index contributed by atoms with van der Waals surface area (Å²) in [5, 5.41) is 13.2. The molecule has 0 radical (unpaired) electrons. The molecule has 0 aliphatic carbocycles. The summed E-state index contributed by atoms with van der Waals surface area (Å²) in [4.78, 5) is 21.7. The number of nitrogens with one attached hydrogen (secondary N) is 1. The van der Waals surface area contributed by atoms with Gasteiger partial charge in [-0.2, -0.15) is 0 Å². The zero-order chi connectivity index (χ0) is 13.0. The number of hydrogen-bond acceptors (Lipinski definition) is 3. The Bertz CT molecular complexity index is 448. The normalized spacial score (nSPS) is 11.9. The van der Waals surface area contributed by atoms with Crippen LogP contribution in [0.5, 0.6) is 0 Å². The van der Waals surface area contributed by atoms with Gasteiger partial charge in [-0.15, -0.1) is 11.6 Å². The Hall–Kier alpha value is -1.62. The largest absolute Gasteiger partial charge is 0.326 e. The molecule has 0 aliphatic rings. The van der Waals surface area contributed by atoms with Gasteiger partial charge in [-0.05, 0) is 18.6 Å². The Morgan fingerprint density at radius 2 is 2.24 bits per heavy atom. The second kappa shape index (κ2) is 5.63. The molecule has 0 saturated carbocycles. The Labute approximate surface area is 104 Å². The van der Waals surface area contributed by atoms with E-state index in [0.29, 0.717) is 11.3 Å². The molecule has 92 valence electrons. The van der Waals surface area contributed by atoms with E-state index in [0.717, 1.165) is 0 Å². The number of hydrogen-bond donors (Lipinski definition) is 1. The number of alkyl halides is 1. The summed E-state index contributed by atoms with van der Waals surface area (Å²) in [6, 6.07) is 4.29. The summed E-state index contributed by atoms with van der Waals surface area (Å²) >= 11 is 5.57. The molecular weight excluding hydrogens is 244 g/mol. The first-order valence-electron chi connectivity index (χ1n) is 5.07. The minimum Gasteiger partial charge on any atom is -0.326 e. The number of aryl methyl sites for hydroxylation is 1. The van der Waals surface area contributed by atoms with Crippen molar-refractivity contribution < 1.29 is 9.72 Å². The van der Waals surface area contributed by atoms with Crippen LogP contribution in [0.2, 0.25) is 0 Å². The predicted octanol–water partition coefficient (Wildman–Crippen LogP) is 2.72. The van der Waals surface area contributed by atoms with Crippen LogP contribution in [0.25, 0.3) is 0 Å². The maximum absolute atomic E-state index is 11.6. The molecule has 6 heteroatoms. The van der Waals surface area contributed by atoms with Crippen LogP contribution in [0.15, 0.2) is 18.2 Å². The van der Waals surface area contributed by atoms with Crippen molar-refractivity contribution >= 4 is 28.9 Å². The average Bonchev–Trinajstić information content (AvgIpc) is 2.30. The third-order valence-corrected chi connectivity index (χ3v) is 2.82. The standard InChI is InChI=1S/C11H13ClN2O3/c1-7-5-9(14(16)17)3-4-10(7)13-11(15)8(2)6-12/h3-5,8H,6H2,1-2H3,(H,13,15). The first kappa shape index (κ1) is 13.4. The molecule has 17 heavy (non-hydrogen) atoms. The molecule has 1 aromatic carbocycles. The monoisotopic (exact) mass is 256 g/mol. The van der Waals surface area contributed by atoms with Crippen molar-refractivity contribution in [2.75, 3.05) is 11.2 Å². The van der Waals surface area contributed by atoms with E-state index in [4.69, 9.17) is 11.6 Å². The number of carbonyl (C=O) groups is 1. The molecule has 1 rings (SSSR count). The fourth-order valence-corrected chi connectivity index (χ4v) is 1.37. The van der Waals surface area contributed by atoms with E-state index in [1.807, 2.05) is 0 Å². The molecule has 1 atom stereocenters. The van der Waals surface area contributed by atoms with Crippen molar-refractivity contribution in [1.29, 1.82) is 0 Å². The van der Waals surface area contributed by atoms with Gasteiger partial charge < -0.3 is 5.32 Å². The van der Waals surface area contributed by atoms with E-state index in [1.165, 1.54) is 18.2 Å². The summed E-state index contributed by atoms with van der Waals surface area (Å²) in [5.41, 5.74) is 1.22. The van der Waals surface area contributed by atoms with Crippen LogP contribution >= 0.6 is 11.6 Å². The van der Waals surface area contributed by atoms with Crippen molar-refractivity contribution in [3.05, 3.63) is 33.9 Å². The number of nitro benzene ring substituents is 1. The molecular formula is C11H13ClN2O3. The highest BCUT2D eigenvalue weighted by molar-refractivity contribution is 6.19. The lowest BCUT2D eigenvalue weighted by Crippen LogP contribution is -2.21. The number of anilines is 1. The van der Waals surface area contributed by atoms with Gasteiger partial charge in [0, 0.05) is 29.6 Å². The van der Waals surface area contributed by atoms with E-state index >= 15 is 0 Å². The maximum Gasteiger partial charge on any atom is 0.269 e. The molecule has 5 nitrogen and oxygen atoms in total. The number of halogens is 1. The molecule has 0 fully saturated rings. The average molecular weight is 257 g/mol. The minimum absolute atomic E-state index is 0.00545. The second-order valence-electron chi connectivity index (χ2n) is 3.80. The van der Waals surface area contributed by atoms with Gasteiger partial charge in [-0.1, -0.05) is 6.92 Å². The number of amides is 1. The van der Waals surface area contributed by atoms with Gasteiger partial charge in [0.25, 0.3) is 5.69 Å². The molecule has 0 aliphatic heterocycles. The van der Waals surface area contributed by atoms with E-state index in [1.54, 1.807) is 13.8 Å². The van der Waals surface area contributed by atoms with Gasteiger partial charge >= 0.3 is 0 Å². The van der Waals surface area contributed by atoms with Crippen LogP contribution in [0.3, 0.4) is 0 Å². The first-order valence-corrected chi connectivity index (χ1v) is 5.61. The fraction of sp³-hybridized carbons (Fsp3) is 0.364. The van der Waals surface area contributed by atoms with Gasteiger partial charge in [0.15, 0.2) is 0 Å². The van der Waals surface area contributed by atoms with Crippen molar-refractivity contribution in [3.63, 3.8) is 0 Å². The van der Waals surface area contributed by atoms with Crippen molar-refractivity contribution in [3.8, 4) is 0 Å². The lowest BCUT2D eigenvalue weighted by Gasteiger charge is -2.11. The molecule has 0 heterocycles. The van der Waals surface area contributed by atoms with E-state index in [9.17, 15) is 14.9 Å². The maximum atomic E-state index is 11.6. The number of non-ortho nitro benzene ring substituents is 1. The van der Waals surface area contributed by atoms with Gasteiger partial charge in [0.1, 0.15) is 0 Å². The molecule has 0 saturated heterocycles. The second-order valence-corrected chi connectivity index (χ2v) is 4.11. The third-order valence-electron chi connectivity index (χ3n) is 2.36. The van der Waals surface area contributed by atoms with Crippen LogP contribution < -0.4 is 5.32 Å². The molecule has 0 bridgehead atoms. The molecule has 1 amide bonds. The van der Waals surface area contributed by atoms with Gasteiger partial charge in [-0.25, -0.2) is 0 Å². The lowest BCUT2D eigenvalue weighted by molar-refractivity contribution is -0.384. The Balaban J connectivity index is 2.86. The lowest BCUT2D eigenvalue weighted by atomic mass is 10.1. The minimum atomic E-state index is -0.472. The van der Waals surface area contributed by atoms with Crippen LogP contribution in [0.1, 0.15) is 12.5 Å². The Morgan fingerprint density at radius 3 is 2.71 bits per heavy atom. The summed E-state index contributed by atoms with van der Waals surface area (Å²) < 4.78 is 0. The van der Waals surface area contributed by atoms with Crippen LogP contribution in [-0.2, 0) is 4.79 Å². The van der Waals surface area contributed by atoms with Gasteiger partial charge in [-0.3, -0.25) is 14.9 Å². The third kappa shape index (κ3) is 3.42. The van der Waals surface area contributed by atoms with E-state index < -0.39 is 4.92 Å². The summed E-state index contributed by atoms with van der Waals surface area (Å²) in [5.74, 6) is -0.263. The number of nitrogens with zero attached hydrogens (tertiary/aromatic N) is 1. The van der Waals surface area contributed by atoms with Crippen LogP contribution in [0, 0.1) is 23.0 Å². The topological polar surface area (TPSA) is 72.2 Å². The Kier molecular flexibility index (Phi) is 4.45.